The Morgan fingerprint density at radius 1 is 1.56 bits per heavy atom. The molecule has 0 fully saturated rings. The molecule has 3 heteroatoms. The first-order valence-corrected chi connectivity index (χ1v) is 3.66. The number of hydrogen-bond donors (Lipinski definition) is 1. The number of nitrogens with two attached hydrogens (primary N) is 1. The van der Waals surface area contributed by atoms with Gasteiger partial charge >= 0.3 is 0 Å². The van der Waals surface area contributed by atoms with E-state index in [0.29, 0.717) is 5.82 Å². The van der Waals surface area contributed by atoms with Crippen molar-refractivity contribution in [2.45, 2.75) is 6.92 Å². The third kappa shape index (κ3) is 1.82. The Balaban J connectivity index is 3.17. The first kappa shape index (κ1) is 6.80. The van der Waals surface area contributed by atoms with Crippen LogP contribution in [0.5, 0.6) is 0 Å². The predicted molar refractivity (Wildman–Crippen MR) is 46.1 cm³/mol. The van der Waals surface area contributed by atoms with Crippen LogP contribution in [0.15, 0.2) is 12.1 Å². The van der Waals surface area contributed by atoms with Crippen LogP contribution in [0.25, 0.3) is 0 Å². The lowest BCUT2D eigenvalue weighted by Gasteiger charge is -1.94. The van der Waals surface area contributed by atoms with Crippen molar-refractivity contribution in [3.63, 3.8) is 0 Å². The summed E-state index contributed by atoms with van der Waals surface area (Å²) in [5, 5.41) is 0. The number of halogens is 1. The van der Waals surface area contributed by atoms with Crippen LogP contribution < -0.4 is 5.73 Å². The van der Waals surface area contributed by atoms with Gasteiger partial charge in [-0.05, 0) is 47.2 Å². The van der Waals surface area contributed by atoms with E-state index in [9.17, 15) is 0 Å². The molecule has 0 saturated carbocycles. The third-order valence-electron chi connectivity index (χ3n) is 0.958. The summed E-state index contributed by atoms with van der Waals surface area (Å²) in [6.45, 7) is 2.00. The Kier molecular flexibility index (Phi) is 1.90. The first-order chi connectivity index (χ1) is 4.18. The number of aryl methyl sites for hydroxylation is 1. The smallest absolute Gasteiger partial charge is 0.124 e. The van der Waals surface area contributed by atoms with Crippen molar-refractivity contribution in [3.05, 3.63) is 21.4 Å². The van der Waals surface area contributed by atoms with Gasteiger partial charge < -0.3 is 5.73 Å². The van der Waals surface area contributed by atoms with Crippen LogP contribution in [0, 0.1) is 10.6 Å². The van der Waals surface area contributed by atoms with E-state index in [0.717, 1.165) is 9.26 Å². The lowest BCUT2D eigenvalue weighted by atomic mass is 10.3. The zero-order chi connectivity index (χ0) is 6.85. The standard InChI is InChI=1S/C6H7IN2/c1-4-2-5(7)9-6(8)3-4/h2-3H,1H3,(H2,8,9). The normalized spacial score (nSPS) is 9.56. The molecule has 2 nitrogen and oxygen atoms in total. The van der Waals surface area contributed by atoms with Gasteiger partial charge in [0.25, 0.3) is 0 Å². The maximum Gasteiger partial charge on any atom is 0.124 e. The van der Waals surface area contributed by atoms with Crippen LogP contribution in [-0.2, 0) is 0 Å². The van der Waals surface area contributed by atoms with Crippen LogP contribution in [0.2, 0.25) is 0 Å². The number of rotatable bonds is 0. The number of pyridine rings is 1. The molecule has 2 N–H and O–H groups in total. The highest BCUT2D eigenvalue weighted by molar-refractivity contribution is 14.1. The van der Waals surface area contributed by atoms with Crippen molar-refractivity contribution in [2.24, 2.45) is 0 Å². The monoisotopic (exact) mass is 234 g/mol. The Morgan fingerprint density at radius 2 is 2.22 bits per heavy atom. The zero-order valence-electron chi connectivity index (χ0n) is 5.06. The SMILES string of the molecule is Cc1cc(N)nc(I)c1. The van der Waals surface area contributed by atoms with Crippen LogP contribution in [0.4, 0.5) is 5.82 Å². The van der Waals surface area contributed by atoms with E-state index < -0.39 is 0 Å². The molecule has 0 atom stereocenters. The number of nitrogens with zero attached hydrogens (tertiary/aromatic N) is 1. The minimum absolute atomic E-state index is 0.597. The summed E-state index contributed by atoms with van der Waals surface area (Å²) >= 11 is 2.14. The second-order valence-corrected chi connectivity index (χ2v) is 3.00. The van der Waals surface area contributed by atoms with E-state index in [-0.39, 0.29) is 0 Å². The Labute approximate surface area is 67.6 Å². The van der Waals surface area contributed by atoms with Crippen LogP contribution in [-0.4, -0.2) is 4.98 Å². The summed E-state index contributed by atoms with van der Waals surface area (Å²) in [6.07, 6.45) is 0. The van der Waals surface area contributed by atoms with Gasteiger partial charge in [0.05, 0.1) is 0 Å². The minimum atomic E-state index is 0.597. The summed E-state index contributed by atoms with van der Waals surface area (Å²) in [5.41, 5.74) is 6.60. The molecule has 0 aliphatic heterocycles. The highest BCUT2D eigenvalue weighted by atomic mass is 127. The summed E-state index contributed by atoms with van der Waals surface area (Å²) in [4.78, 5) is 4.00. The van der Waals surface area contributed by atoms with Crippen molar-refractivity contribution in [1.82, 2.24) is 4.98 Å². The highest BCUT2D eigenvalue weighted by Crippen LogP contribution is 2.07. The lowest BCUT2D eigenvalue weighted by molar-refractivity contribution is 1.25. The van der Waals surface area contributed by atoms with Gasteiger partial charge in [0.2, 0.25) is 0 Å². The fourth-order valence-electron chi connectivity index (χ4n) is 0.651. The van der Waals surface area contributed by atoms with Crippen molar-refractivity contribution in [2.75, 3.05) is 5.73 Å². The maximum atomic E-state index is 5.44. The quantitative estimate of drug-likeness (QED) is 0.546. The van der Waals surface area contributed by atoms with Crippen LogP contribution in [0.3, 0.4) is 0 Å². The van der Waals surface area contributed by atoms with Gasteiger partial charge in [0.15, 0.2) is 0 Å². The van der Waals surface area contributed by atoms with Gasteiger partial charge in [0.1, 0.15) is 9.52 Å². The van der Waals surface area contributed by atoms with Crippen molar-refractivity contribution in [3.8, 4) is 0 Å². The maximum absolute atomic E-state index is 5.44. The van der Waals surface area contributed by atoms with Crippen LogP contribution in [0.1, 0.15) is 5.56 Å². The molecule has 1 aromatic heterocycles. The summed E-state index contributed by atoms with van der Waals surface area (Å²) < 4.78 is 0.949. The molecule has 0 aromatic carbocycles. The minimum Gasteiger partial charge on any atom is -0.384 e. The molecule has 1 heterocycles. The molecule has 9 heavy (non-hydrogen) atoms. The van der Waals surface area contributed by atoms with Gasteiger partial charge in [-0.2, -0.15) is 0 Å². The van der Waals surface area contributed by atoms with Gasteiger partial charge in [-0.3, -0.25) is 0 Å². The molecule has 1 rings (SSSR count). The first-order valence-electron chi connectivity index (χ1n) is 2.58. The third-order valence-corrected chi connectivity index (χ3v) is 1.51. The van der Waals surface area contributed by atoms with Crippen LogP contribution >= 0.6 is 22.6 Å². The molecule has 0 unspecified atom stereocenters. The summed E-state index contributed by atoms with van der Waals surface area (Å²) in [6, 6.07) is 3.83. The van der Waals surface area contributed by atoms with Crippen molar-refractivity contribution in [1.29, 1.82) is 0 Å². The molecule has 0 amide bonds. The number of anilines is 1. The Bertz CT molecular complexity index is 172. The van der Waals surface area contributed by atoms with E-state index in [4.69, 9.17) is 5.73 Å². The van der Waals surface area contributed by atoms with E-state index >= 15 is 0 Å². The molecular weight excluding hydrogens is 227 g/mol. The molecule has 0 aliphatic carbocycles. The van der Waals surface area contributed by atoms with E-state index in [1.54, 1.807) is 0 Å². The second kappa shape index (κ2) is 2.51. The largest absolute Gasteiger partial charge is 0.384 e. The Morgan fingerprint density at radius 3 is 2.67 bits per heavy atom. The van der Waals surface area contributed by atoms with Gasteiger partial charge in [-0.25, -0.2) is 4.98 Å². The number of nitrogen functional groups attached to an aromatic ring is 1. The molecule has 1 aromatic rings. The predicted octanol–water partition coefficient (Wildman–Crippen LogP) is 1.58. The number of aromatic nitrogens is 1. The molecule has 0 spiro atoms. The summed E-state index contributed by atoms with van der Waals surface area (Å²) in [5.74, 6) is 0.597. The topological polar surface area (TPSA) is 38.9 Å². The molecule has 0 saturated heterocycles. The highest BCUT2D eigenvalue weighted by Gasteiger charge is 1.90. The fourth-order valence-corrected chi connectivity index (χ4v) is 1.42. The molecule has 0 radical (unpaired) electrons. The van der Waals surface area contributed by atoms with E-state index in [1.807, 2.05) is 19.1 Å². The molecule has 48 valence electrons. The van der Waals surface area contributed by atoms with E-state index in [2.05, 4.69) is 27.6 Å². The lowest BCUT2D eigenvalue weighted by Crippen LogP contribution is -1.92. The molecule has 0 aliphatic rings. The fraction of sp³-hybridized carbons (Fsp3) is 0.167. The number of hydrogen-bond acceptors (Lipinski definition) is 2. The average molecular weight is 234 g/mol. The molecular formula is C6H7IN2. The van der Waals surface area contributed by atoms with E-state index in [1.165, 1.54) is 0 Å². The second-order valence-electron chi connectivity index (χ2n) is 1.89. The summed E-state index contributed by atoms with van der Waals surface area (Å²) in [7, 11) is 0. The zero-order valence-corrected chi connectivity index (χ0v) is 7.21. The van der Waals surface area contributed by atoms with Gasteiger partial charge in [-0.1, -0.05) is 0 Å². The van der Waals surface area contributed by atoms with Crippen molar-refractivity contribution < 1.29 is 0 Å². The van der Waals surface area contributed by atoms with Gasteiger partial charge in [-0.15, -0.1) is 0 Å². The average Bonchev–Trinajstić information content (AvgIpc) is 1.59. The van der Waals surface area contributed by atoms with Crippen molar-refractivity contribution >= 4 is 28.4 Å². The van der Waals surface area contributed by atoms with Gasteiger partial charge in [0, 0.05) is 0 Å². The Hall–Kier alpha value is -0.320. The molecule has 0 bridgehead atoms.